The Hall–Kier alpha value is -3.16. The zero-order valence-corrected chi connectivity index (χ0v) is 9.98. The first kappa shape index (κ1) is 11.9. The monoisotopic (exact) mass is 272 g/mol. The third-order valence-electron chi connectivity index (χ3n) is 2.57. The van der Waals surface area contributed by atoms with Crippen LogP contribution in [0.25, 0.3) is 5.65 Å². The van der Waals surface area contributed by atoms with Gasteiger partial charge in [-0.1, -0.05) is 0 Å². The Morgan fingerprint density at radius 1 is 1.20 bits per heavy atom. The van der Waals surface area contributed by atoms with Crippen LogP contribution in [-0.2, 0) is 0 Å². The molecule has 0 spiro atoms. The Morgan fingerprint density at radius 3 is 2.65 bits per heavy atom. The third-order valence-corrected chi connectivity index (χ3v) is 2.57. The minimum Gasteiger partial charge on any atom is -0.478 e. The Kier molecular flexibility index (Phi) is 2.68. The van der Waals surface area contributed by atoms with Crippen molar-refractivity contribution in [1.29, 1.82) is 0 Å². The van der Waals surface area contributed by atoms with Gasteiger partial charge in [-0.2, -0.15) is 9.61 Å². The first-order valence-corrected chi connectivity index (χ1v) is 5.59. The fraction of sp³-hybridized carbons (Fsp3) is 0. The lowest BCUT2D eigenvalue weighted by molar-refractivity contribution is 0.0697. The number of carbonyl (C=O) groups is 1. The van der Waals surface area contributed by atoms with E-state index in [-0.39, 0.29) is 11.4 Å². The van der Waals surface area contributed by atoms with Crippen molar-refractivity contribution in [3.8, 4) is 11.6 Å². The Balaban J connectivity index is 1.90. The molecule has 100 valence electrons. The van der Waals surface area contributed by atoms with Crippen LogP contribution in [0.2, 0.25) is 0 Å². The Morgan fingerprint density at radius 2 is 1.95 bits per heavy atom. The molecule has 1 aromatic carbocycles. The summed E-state index contributed by atoms with van der Waals surface area (Å²) in [7, 11) is 0. The molecule has 3 aromatic rings. The van der Waals surface area contributed by atoms with Gasteiger partial charge in [0.1, 0.15) is 5.75 Å². The average Bonchev–Trinajstić information content (AvgIpc) is 2.81. The molecular formula is C12H8N4O4. The molecule has 8 heteroatoms. The molecule has 0 amide bonds. The van der Waals surface area contributed by atoms with Crippen molar-refractivity contribution in [1.82, 2.24) is 19.8 Å². The maximum Gasteiger partial charge on any atom is 0.364 e. The van der Waals surface area contributed by atoms with E-state index >= 15 is 0 Å². The maximum absolute atomic E-state index is 11.4. The standard InChI is InChI=1S/C12H8N4O4/c17-11(18)7-1-3-8(4-2-7)20-10-6-5-9-13-14-12(19)16(9)15-10/h1-6H,(H,14,19)(H,17,18). The van der Waals surface area contributed by atoms with Crippen molar-refractivity contribution < 1.29 is 14.6 Å². The summed E-state index contributed by atoms with van der Waals surface area (Å²) in [6, 6.07) is 8.98. The molecule has 0 fully saturated rings. The van der Waals surface area contributed by atoms with E-state index in [1.165, 1.54) is 24.3 Å². The van der Waals surface area contributed by atoms with E-state index in [0.717, 1.165) is 4.52 Å². The van der Waals surface area contributed by atoms with Crippen molar-refractivity contribution in [3.63, 3.8) is 0 Å². The van der Waals surface area contributed by atoms with E-state index in [0.29, 0.717) is 11.4 Å². The van der Waals surface area contributed by atoms with Crippen LogP contribution in [-0.4, -0.2) is 30.9 Å². The molecule has 0 aliphatic heterocycles. The van der Waals surface area contributed by atoms with Gasteiger partial charge in [0.25, 0.3) is 0 Å². The van der Waals surface area contributed by atoms with Gasteiger partial charge >= 0.3 is 11.7 Å². The lowest BCUT2D eigenvalue weighted by Gasteiger charge is -2.04. The molecule has 0 bridgehead atoms. The van der Waals surface area contributed by atoms with Crippen molar-refractivity contribution in [2.24, 2.45) is 0 Å². The topological polar surface area (TPSA) is 110 Å². The molecule has 0 atom stereocenters. The van der Waals surface area contributed by atoms with Gasteiger partial charge in [0.05, 0.1) is 5.56 Å². The molecular weight excluding hydrogens is 264 g/mol. The van der Waals surface area contributed by atoms with Crippen LogP contribution >= 0.6 is 0 Å². The van der Waals surface area contributed by atoms with Gasteiger partial charge in [-0.3, -0.25) is 0 Å². The van der Waals surface area contributed by atoms with Crippen LogP contribution in [0.3, 0.4) is 0 Å². The molecule has 8 nitrogen and oxygen atoms in total. The normalized spacial score (nSPS) is 10.6. The second-order valence-corrected chi connectivity index (χ2v) is 3.90. The molecule has 0 saturated heterocycles. The zero-order valence-electron chi connectivity index (χ0n) is 9.98. The lowest BCUT2D eigenvalue weighted by Crippen LogP contribution is -2.12. The highest BCUT2D eigenvalue weighted by molar-refractivity contribution is 5.87. The van der Waals surface area contributed by atoms with Crippen molar-refractivity contribution >= 4 is 11.6 Å². The van der Waals surface area contributed by atoms with Crippen molar-refractivity contribution in [2.75, 3.05) is 0 Å². The number of nitrogens with zero attached hydrogens (tertiary/aromatic N) is 3. The molecule has 0 saturated carbocycles. The second kappa shape index (κ2) is 4.50. The summed E-state index contributed by atoms with van der Waals surface area (Å²) < 4.78 is 6.51. The lowest BCUT2D eigenvalue weighted by atomic mass is 10.2. The SMILES string of the molecule is O=C(O)c1ccc(Oc2ccc3n[nH]c(=O)n3n2)cc1. The summed E-state index contributed by atoms with van der Waals surface area (Å²) >= 11 is 0. The van der Waals surface area contributed by atoms with Gasteiger partial charge in [-0.15, -0.1) is 5.10 Å². The Labute approximate surface area is 111 Å². The van der Waals surface area contributed by atoms with Crippen molar-refractivity contribution in [3.05, 3.63) is 52.4 Å². The van der Waals surface area contributed by atoms with E-state index in [4.69, 9.17) is 9.84 Å². The number of hydrogen-bond donors (Lipinski definition) is 2. The van der Waals surface area contributed by atoms with Crippen LogP contribution in [0.5, 0.6) is 11.6 Å². The molecule has 2 N–H and O–H groups in total. The summed E-state index contributed by atoms with van der Waals surface area (Å²) in [4.78, 5) is 22.1. The van der Waals surface area contributed by atoms with E-state index in [9.17, 15) is 9.59 Å². The van der Waals surface area contributed by atoms with Gasteiger partial charge in [-0.05, 0) is 30.3 Å². The van der Waals surface area contributed by atoms with E-state index in [2.05, 4.69) is 15.3 Å². The first-order valence-electron chi connectivity index (χ1n) is 5.59. The number of ether oxygens (including phenoxy) is 1. The van der Waals surface area contributed by atoms with Crippen LogP contribution in [0.4, 0.5) is 0 Å². The fourth-order valence-corrected chi connectivity index (χ4v) is 1.63. The number of nitrogens with one attached hydrogen (secondary N) is 1. The van der Waals surface area contributed by atoms with Gasteiger partial charge in [0.2, 0.25) is 5.88 Å². The van der Waals surface area contributed by atoms with Crippen molar-refractivity contribution in [2.45, 2.75) is 0 Å². The molecule has 20 heavy (non-hydrogen) atoms. The van der Waals surface area contributed by atoms with E-state index in [1.54, 1.807) is 12.1 Å². The number of hydrogen-bond acceptors (Lipinski definition) is 5. The number of carboxylic acid groups (broad SMARTS) is 1. The summed E-state index contributed by atoms with van der Waals surface area (Å²) in [5, 5.41) is 18.7. The van der Waals surface area contributed by atoms with Gasteiger partial charge < -0.3 is 9.84 Å². The molecule has 2 aromatic heterocycles. The number of rotatable bonds is 3. The molecule has 0 aliphatic carbocycles. The predicted octanol–water partition coefficient (Wildman–Crippen LogP) is 0.908. The quantitative estimate of drug-likeness (QED) is 0.733. The highest BCUT2D eigenvalue weighted by Crippen LogP contribution is 2.19. The molecule has 3 rings (SSSR count). The second-order valence-electron chi connectivity index (χ2n) is 3.90. The van der Waals surface area contributed by atoms with Crippen LogP contribution in [0, 0.1) is 0 Å². The summed E-state index contributed by atoms with van der Waals surface area (Å²) in [6.45, 7) is 0. The first-order chi connectivity index (χ1) is 9.63. The number of H-pyrrole nitrogens is 1. The number of carboxylic acids is 1. The highest BCUT2D eigenvalue weighted by atomic mass is 16.5. The number of aromatic carboxylic acids is 1. The molecule has 0 unspecified atom stereocenters. The van der Waals surface area contributed by atoms with Crippen LogP contribution in [0.15, 0.2) is 41.2 Å². The Bertz CT molecular complexity index is 835. The van der Waals surface area contributed by atoms with Gasteiger partial charge in [-0.25, -0.2) is 14.7 Å². The summed E-state index contributed by atoms with van der Waals surface area (Å²) in [6.07, 6.45) is 0. The largest absolute Gasteiger partial charge is 0.478 e. The van der Waals surface area contributed by atoms with Crippen LogP contribution < -0.4 is 10.4 Å². The molecule has 2 heterocycles. The summed E-state index contributed by atoms with van der Waals surface area (Å²) in [5.74, 6) is -0.400. The smallest absolute Gasteiger partial charge is 0.364 e. The zero-order chi connectivity index (χ0) is 14.1. The predicted molar refractivity (Wildman–Crippen MR) is 67.1 cm³/mol. The van der Waals surface area contributed by atoms with Crippen LogP contribution in [0.1, 0.15) is 10.4 Å². The molecule has 0 radical (unpaired) electrons. The third kappa shape index (κ3) is 2.09. The molecule has 0 aliphatic rings. The fourth-order valence-electron chi connectivity index (χ4n) is 1.63. The van der Waals surface area contributed by atoms with Gasteiger partial charge in [0.15, 0.2) is 5.65 Å². The maximum atomic E-state index is 11.4. The highest BCUT2D eigenvalue weighted by Gasteiger charge is 2.06. The average molecular weight is 272 g/mol. The minimum atomic E-state index is -1.01. The summed E-state index contributed by atoms with van der Waals surface area (Å²) in [5.41, 5.74) is 0.0714. The van der Waals surface area contributed by atoms with Gasteiger partial charge in [0, 0.05) is 6.07 Å². The number of aromatic nitrogens is 4. The van der Waals surface area contributed by atoms with E-state index < -0.39 is 11.7 Å². The minimum absolute atomic E-state index is 0.159. The number of aromatic amines is 1. The number of benzene rings is 1. The number of fused-ring (bicyclic) bond motifs is 1. The van der Waals surface area contributed by atoms with E-state index in [1.807, 2.05) is 0 Å².